The quantitative estimate of drug-likeness (QED) is 0.592. The predicted molar refractivity (Wildman–Crippen MR) is 115 cm³/mol. The van der Waals surface area contributed by atoms with E-state index in [2.05, 4.69) is 32.0 Å². The van der Waals surface area contributed by atoms with Gasteiger partial charge >= 0.3 is 0 Å². The van der Waals surface area contributed by atoms with Crippen molar-refractivity contribution < 1.29 is 4.52 Å². The summed E-state index contributed by atoms with van der Waals surface area (Å²) in [6.45, 7) is 7.64. The minimum absolute atomic E-state index is 0.000278. The summed E-state index contributed by atoms with van der Waals surface area (Å²) in [5, 5.41) is 8.37. The molecule has 0 aliphatic carbocycles. The monoisotopic (exact) mass is 448 g/mol. The van der Waals surface area contributed by atoms with Crippen LogP contribution < -0.4 is 5.56 Å². The first-order chi connectivity index (χ1) is 14.4. The smallest absolute Gasteiger partial charge is 0.288 e. The molecule has 2 aromatic heterocycles. The Kier molecular flexibility index (Phi) is 6.19. The van der Waals surface area contributed by atoms with Crippen molar-refractivity contribution in [3.05, 3.63) is 62.3 Å². The van der Waals surface area contributed by atoms with E-state index in [0.29, 0.717) is 18.4 Å². The van der Waals surface area contributed by atoms with Gasteiger partial charge in [0.2, 0.25) is 11.7 Å². The van der Waals surface area contributed by atoms with Crippen molar-refractivity contribution in [3.63, 3.8) is 0 Å². The van der Waals surface area contributed by atoms with Gasteiger partial charge in [-0.15, -0.1) is 0 Å². The molecule has 1 fully saturated rings. The Bertz CT molecular complexity index is 1070. The third kappa shape index (κ3) is 4.41. The molecule has 1 unspecified atom stereocenters. The summed E-state index contributed by atoms with van der Waals surface area (Å²) < 4.78 is 6.86. The molecular formula is C20H22Cl2N6O2. The lowest BCUT2D eigenvalue weighted by Crippen LogP contribution is -2.48. The average molecular weight is 449 g/mol. The lowest BCUT2D eigenvalue weighted by Gasteiger charge is -2.36. The highest BCUT2D eigenvalue weighted by Gasteiger charge is 2.26. The van der Waals surface area contributed by atoms with Gasteiger partial charge in [0.1, 0.15) is 5.02 Å². The minimum atomic E-state index is -0.380. The van der Waals surface area contributed by atoms with Gasteiger partial charge in [0.05, 0.1) is 23.9 Å². The van der Waals surface area contributed by atoms with Crippen LogP contribution in [0.2, 0.25) is 10.0 Å². The van der Waals surface area contributed by atoms with Crippen molar-refractivity contribution in [3.8, 4) is 11.4 Å². The molecule has 0 spiro atoms. The molecule has 158 valence electrons. The number of hydrogen-bond donors (Lipinski definition) is 0. The lowest BCUT2D eigenvalue weighted by molar-refractivity contribution is 0.0676. The van der Waals surface area contributed by atoms with Crippen molar-refractivity contribution in [2.75, 3.05) is 26.2 Å². The number of nitrogens with zero attached hydrogens (tertiary/aromatic N) is 6. The van der Waals surface area contributed by atoms with Gasteiger partial charge in [0.25, 0.3) is 5.56 Å². The summed E-state index contributed by atoms with van der Waals surface area (Å²) in [4.78, 5) is 21.2. The molecule has 0 N–H and O–H groups in total. The van der Waals surface area contributed by atoms with Crippen molar-refractivity contribution in [1.29, 1.82) is 0 Å². The molecule has 0 saturated carbocycles. The minimum Gasteiger partial charge on any atom is -0.337 e. The first-order valence-corrected chi connectivity index (χ1v) is 10.5. The van der Waals surface area contributed by atoms with E-state index >= 15 is 0 Å². The summed E-state index contributed by atoms with van der Waals surface area (Å²) in [6, 6.07) is 8.05. The Morgan fingerprint density at radius 3 is 2.53 bits per heavy atom. The van der Waals surface area contributed by atoms with Crippen LogP contribution in [0.25, 0.3) is 11.4 Å². The molecule has 0 amide bonds. The van der Waals surface area contributed by atoms with E-state index in [4.69, 9.17) is 27.7 Å². The summed E-state index contributed by atoms with van der Waals surface area (Å²) in [5.41, 5.74) is 1.74. The van der Waals surface area contributed by atoms with Crippen molar-refractivity contribution in [1.82, 2.24) is 29.7 Å². The Labute approximate surface area is 184 Å². The lowest BCUT2D eigenvalue weighted by atomic mass is 10.1. The highest BCUT2D eigenvalue weighted by molar-refractivity contribution is 6.41. The first kappa shape index (κ1) is 21.0. The van der Waals surface area contributed by atoms with Gasteiger partial charge in [-0.05, 0) is 13.8 Å². The van der Waals surface area contributed by atoms with E-state index < -0.39 is 0 Å². The van der Waals surface area contributed by atoms with E-state index in [1.54, 1.807) is 0 Å². The molecule has 1 aliphatic heterocycles. The Morgan fingerprint density at radius 1 is 1.13 bits per heavy atom. The second kappa shape index (κ2) is 8.85. The molecule has 1 aliphatic rings. The highest BCUT2D eigenvalue weighted by Crippen LogP contribution is 2.24. The maximum absolute atomic E-state index is 12.2. The number of benzene rings is 1. The maximum Gasteiger partial charge on any atom is 0.288 e. The number of rotatable bonds is 5. The van der Waals surface area contributed by atoms with Crippen molar-refractivity contribution >= 4 is 23.2 Å². The van der Waals surface area contributed by atoms with Gasteiger partial charge in [0.15, 0.2) is 0 Å². The van der Waals surface area contributed by atoms with E-state index in [0.717, 1.165) is 31.7 Å². The zero-order valence-electron chi connectivity index (χ0n) is 16.8. The van der Waals surface area contributed by atoms with Gasteiger partial charge in [-0.3, -0.25) is 14.6 Å². The first-order valence-electron chi connectivity index (χ1n) is 9.70. The number of piperazine rings is 1. The van der Waals surface area contributed by atoms with Crippen LogP contribution in [0.5, 0.6) is 0 Å². The fraction of sp³-hybridized carbons (Fsp3) is 0.400. The Balaban J connectivity index is 1.37. The average Bonchev–Trinajstić information content (AvgIpc) is 3.25. The van der Waals surface area contributed by atoms with Crippen LogP contribution in [-0.2, 0) is 6.67 Å². The van der Waals surface area contributed by atoms with Crippen molar-refractivity contribution in [2.24, 2.45) is 0 Å². The normalized spacial score (nSPS) is 16.7. The third-order valence-electron chi connectivity index (χ3n) is 5.34. The number of hydrogen-bond acceptors (Lipinski definition) is 7. The maximum atomic E-state index is 12.2. The molecule has 3 aromatic rings. The van der Waals surface area contributed by atoms with Gasteiger partial charge in [-0.1, -0.05) is 58.2 Å². The van der Waals surface area contributed by atoms with E-state index in [1.807, 2.05) is 31.2 Å². The topological polar surface area (TPSA) is 80.3 Å². The highest BCUT2D eigenvalue weighted by atomic mass is 35.5. The van der Waals surface area contributed by atoms with Crippen LogP contribution in [0.3, 0.4) is 0 Å². The van der Waals surface area contributed by atoms with Crippen LogP contribution in [0.1, 0.15) is 24.4 Å². The molecule has 30 heavy (non-hydrogen) atoms. The molecule has 1 atom stereocenters. The summed E-state index contributed by atoms with van der Waals surface area (Å²) >= 11 is 11.8. The number of aryl methyl sites for hydroxylation is 1. The fourth-order valence-corrected chi connectivity index (χ4v) is 3.68. The second-order valence-electron chi connectivity index (χ2n) is 7.40. The molecule has 4 rings (SSSR count). The van der Waals surface area contributed by atoms with Crippen LogP contribution in [0.4, 0.5) is 0 Å². The molecule has 1 saturated heterocycles. The molecule has 10 heteroatoms. The van der Waals surface area contributed by atoms with Crippen molar-refractivity contribution in [2.45, 2.75) is 26.6 Å². The number of aromatic nitrogens is 4. The zero-order valence-corrected chi connectivity index (χ0v) is 18.3. The van der Waals surface area contributed by atoms with Gasteiger partial charge in [-0.2, -0.15) is 10.1 Å². The fourth-order valence-electron chi connectivity index (χ4n) is 3.41. The SMILES string of the molecule is Cc1ccc(-c2noc(C(C)N3CCN(Cn4ncc(Cl)c(Cl)c4=O)CC3)n2)cc1. The number of halogens is 2. The van der Waals surface area contributed by atoms with Crippen LogP contribution in [0, 0.1) is 6.92 Å². The summed E-state index contributed by atoms with van der Waals surface area (Å²) in [6.07, 6.45) is 1.39. The van der Waals surface area contributed by atoms with Gasteiger partial charge < -0.3 is 4.52 Å². The van der Waals surface area contributed by atoms with Gasteiger partial charge in [-0.25, -0.2) is 4.68 Å². The summed E-state index contributed by atoms with van der Waals surface area (Å²) in [7, 11) is 0. The third-order valence-corrected chi connectivity index (χ3v) is 6.09. The Morgan fingerprint density at radius 2 is 1.83 bits per heavy atom. The van der Waals surface area contributed by atoms with Crippen LogP contribution in [-0.4, -0.2) is 55.9 Å². The molecular weight excluding hydrogens is 427 g/mol. The second-order valence-corrected chi connectivity index (χ2v) is 8.19. The molecule has 8 nitrogen and oxygen atoms in total. The molecule has 0 radical (unpaired) electrons. The summed E-state index contributed by atoms with van der Waals surface area (Å²) in [5.74, 6) is 1.20. The molecule has 3 heterocycles. The molecule has 1 aromatic carbocycles. The van der Waals surface area contributed by atoms with Crippen LogP contribution >= 0.6 is 23.2 Å². The largest absolute Gasteiger partial charge is 0.337 e. The van der Waals surface area contributed by atoms with Gasteiger partial charge in [0, 0.05) is 31.7 Å². The van der Waals surface area contributed by atoms with E-state index in [1.165, 1.54) is 16.4 Å². The Hall–Kier alpha value is -2.26. The predicted octanol–water partition coefficient (Wildman–Crippen LogP) is 3.24. The zero-order chi connectivity index (χ0) is 21.3. The standard InChI is InChI=1S/C20H22Cl2N6O2/c1-13-3-5-15(6-4-13)18-24-19(30-25-18)14(2)27-9-7-26(8-10-27)12-28-20(29)17(22)16(21)11-23-28/h3-6,11,14H,7-10,12H2,1-2H3. The van der Waals surface area contributed by atoms with Crippen LogP contribution in [0.15, 0.2) is 39.8 Å². The van der Waals surface area contributed by atoms with E-state index in [9.17, 15) is 4.79 Å². The van der Waals surface area contributed by atoms with E-state index in [-0.39, 0.29) is 21.6 Å². The molecule has 0 bridgehead atoms.